The molecular weight excluding hydrogens is 392 g/mol. The smallest absolute Gasteiger partial charge is 0.260 e. The molecular formula is C25H34N2O4. The average Bonchev–Trinajstić information content (AvgIpc) is 2.74. The van der Waals surface area contributed by atoms with Crippen LogP contribution in [0.25, 0.3) is 0 Å². The summed E-state index contributed by atoms with van der Waals surface area (Å²) in [5.41, 5.74) is -0.0721. The van der Waals surface area contributed by atoms with Crippen molar-refractivity contribution in [2.24, 2.45) is 23.2 Å². The predicted molar refractivity (Wildman–Crippen MR) is 117 cm³/mol. The van der Waals surface area contributed by atoms with Crippen LogP contribution >= 0.6 is 0 Å². The van der Waals surface area contributed by atoms with E-state index < -0.39 is 6.10 Å². The number of ether oxygens (including phenoxy) is 1. The Hall–Kier alpha value is -2.24. The summed E-state index contributed by atoms with van der Waals surface area (Å²) in [7, 11) is 0. The van der Waals surface area contributed by atoms with Gasteiger partial charge in [0, 0.05) is 19.1 Å². The maximum Gasteiger partial charge on any atom is 0.260 e. The molecule has 2 amide bonds. The summed E-state index contributed by atoms with van der Waals surface area (Å²) in [6, 6.07) is 6.45. The highest BCUT2D eigenvalue weighted by Gasteiger charge is 2.55. The molecule has 4 saturated carbocycles. The lowest BCUT2D eigenvalue weighted by Crippen LogP contribution is -2.57. The second kappa shape index (κ2) is 8.03. The van der Waals surface area contributed by atoms with Crippen LogP contribution in [0.4, 0.5) is 0 Å². The van der Waals surface area contributed by atoms with Gasteiger partial charge in [0.25, 0.3) is 5.91 Å². The van der Waals surface area contributed by atoms with Crippen molar-refractivity contribution in [3.63, 3.8) is 0 Å². The number of nitrogens with one attached hydrogen (secondary N) is 1. The quantitative estimate of drug-likeness (QED) is 0.756. The number of rotatable bonds is 5. The molecule has 5 fully saturated rings. The Morgan fingerprint density at radius 3 is 2.13 bits per heavy atom. The van der Waals surface area contributed by atoms with E-state index in [-0.39, 0.29) is 23.1 Å². The van der Waals surface area contributed by atoms with E-state index in [0.717, 1.165) is 62.9 Å². The van der Waals surface area contributed by atoms with E-state index in [4.69, 9.17) is 4.74 Å². The van der Waals surface area contributed by atoms with Gasteiger partial charge in [-0.15, -0.1) is 0 Å². The van der Waals surface area contributed by atoms with Crippen LogP contribution in [0, 0.1) is 23.2 Å². The second-order valence-electron chi connectivity index (χ2n) is 10.5. The fourth-order valence-corrected chi connectivity index (χ4v) is 7.04. The summed E-state index contributed by atoms with van der Waals surface area (Å²) in [6.07, 6.45) is 8.38. The highest BCUT2D eigenvalue weighted by Crippen LogP contribution is 2.60. The lowest BCUT2D eigenvalue weighted by molar-refractivity contribution is -0.158. The van der Waals surface area contributed by atoms with Crippen LogP contribution in [0.3, 0.4) is 0 Å². The van der Waals surface area contributed by atoms with Crippen LogP contribution in [0.2, 0.25) is 0 Å². The van der Waals surface area contributed by atoms with Crippen LogP contribution in [0.15, 0.2) is 24.3 Å². The van der Waals surface area contributed by atoms with Gasteiger partial charge in [0.05, 0.1) is 5.41 Å². The molecule has 1 atom stereocenters. The molecule has 6 nitrogen and oxygen atoms in total. The van der Waals surface area contributed by atoms with E-state index >= 15 is 0 Å². The van der Waals surface area contributed by atoms with Gasteiger partial charge in [-0.2, -0.15) is 0 Å². The monoisotopic (exact) mass is 426 g/mol. The van der Waals surface area contributed by atoms with Gasteiger partial charge in [-0.3, -0.25) is 9.59 Å². The number of hydrogen-bond donors (Lipinski definition) is 2. The Morgan fingerprint density at radius 1 is 1.03 bits per heavy atom. The highest BCUT2D eigenvalue weighted by molar-refractivity contribution is 5.84. The first kappa shape index (κ1) is 20.7. The first-order valence-electron chi connectivity index (χ1n) is 12.0. The number of phenolic OH excluding ortho intramolecular Hbond substituents is 1. The summed E-state index contributed by atoms with van der Waals surface area (Å²) < 4.78 is 5.68. The Kier molecular flexibility index (Phi) is 5.35. The van der Waals surface area contributed by atoms with Crippen molar-refractivity contribution in [3.05, 3.63) is 24.3 Å². The van der Waals surface area contributed by atoms with Gasteiger partial charge in [0.15, 0.2) is 6.10 Å². The molecule has 6 rings (SSSR count). The normalized spacial score (nSPS) is 33.2. The van der Waals surface area contributed by atoms with Crippen molar-refractivity contribution in [2.45, 2.75) is 70.4 Å². The van der Waals surface area contributed by atoms with Gasteiger partial charge in [-0.25, -0.2) is 0 Å². The van der Waals surface area contributed by atoms with Crippen molar-refractivity contribution >= 4 is 11.8 Å². The molecule has 1 aliphatic heterocycles. The summed E-state index contributed by atoms with van der Waals surface area (Å²) in [5, 5.41) is 12.5. The van der Waals surface area contributed by atoms with Crippen molar-refractivity contribution in [2.75, 3.05) is 13.1 Å². The standard InChI is InChI=1S/C25H34N2O4/c1-16(31-22-4-2-21(28)3-5-22)23(29)26-20-6-8-27(9-7-20)24(30)25-13-17-10-18(14-25)12-19(11-17)15-25/h2-5,16-20,28H,6-15H2,1H3,(H,26,29). The minimum absolute atomic E-state index is 0.0721. The molecule has 1 aromatic rings. The number of carbonyl (C=O) groups is 2. The largest absolute Gasteiger partial charge is 0.508 e. The molecule has 0 radical (unpaired) electrons. The third kappa shape index (κ3) is 4.13. The number of benzene rings is 1. The van der Waals surface area contributed by atoms with Gasteiger partial charge in [0.1, 0.15) is 11.5 Å². The molecule has 1 aromatic carbocycles. The summed E-state index contributed by atoms with van der Waals surface area (Å²) in [4.78, 5) is 28.2. The first-order chi connectivity index (χ1) is 14.9. The van der Waals surface area contributed by atoms with E-state index in [0.29, 0.717) is 11.7 Å². The van der Waals surface area contributed by atoms with Gasteiger partial charge in [-0.05, 0) is 100 Å². The molecule has 4 aliphatic carbocycles. The number of amides is 2. The lowest BCUT2D eigenvalue weighted by atomic mass is 9.49. The Bertz CT molecular complexity index is 793. The second-order valence-corrected chi connectivity index (χ2v) is 10.5. The molecule has 1 heterocycles. The number of likely N-dealkylation sites (tertiary alicyclic amines) is 1. The summed E-state index contributed by atoms with van der Waals surface area (Å²) in [6.45, 7) is 3.20. The number of aromatic hydroxyl groups is 1. The van der Waals surface area contributed by atoms with Crippen LogP contribution in [-0.2, 0) is 9.59 Å². The number of phenols is 1. The summed E-state index contributed by atoms with van der Waals surface area (Å²) >= 11 is 0. The molecule has 6 heteroatoms. The molecule has 1 saturated heterocycles. The molecule has 0 spiro atoms. The average molecular weight is 427 g/mol. The van der Waals surface area contributed by atoms with Gasteiger partial charge in [0.2, 0.25) is 5.91 Å². The zero-order valence-electron chi connectivity index (χ0n) is 18.4. The third-order valence-electron chi connectivity index (χ3n) is 8.14. The summed E-state index contributed by atoms with van der Waals surface area (Å²) in [5.74, 6) is 3.32. The lowest BCUT2D eigenvalue weighted by Gasteiger charge is -2.57. The maximum atomic E-state index is 13.5. The van der Waals surface area contributed by atoms with E-state index in [2.05, 4.69) is 10.2 Å². The van der Waals surface area contributed by atoms with Crippen molar-refractivity contribution in [3.8, 4) is 11.5 Å². The van der Waals surface area contributed by atoms with E-state index in [9.17, 15) is 14.7 Å². The Balaban J connectivity index is 1.12. The number of carbonyl (C=O) groups excluding carboxylic acids is 2. The Labute approximate surface area is 184 Å². The van der Waals surface area contributed by atoms with E-state index in [1.54, 1.807) is 19.1 Å². The van der Waals surface area contributed by atoms with Gasteiger partial charge in [-0.1, -0.05) is 0 Å². The number of piperidine rings is 1. The van der Waals surface area contributed by atoms with Gasteiger partial charge >= 0.3 is 0 Å². The van der Waals surface area contributed by atoms with Crippen LogP contribution in [-0.4, -0.2) is 47.1 Å². The van der Waals surface area contributed by atoms with Gasteiger partial charge < -0.3 is 20.1 Å². The SMILES string of the molecule is CC(Oc1ccc(O)cc1)C(=O)NC1CCN(C(=O)C23CC4CC(CC(C4)C2)C3)CC1. The highest BCUT2D eigenvalue weighted by atomic mass is 16.5. The molecule has 31 heavy (non-hydrogen) atoms. The van der Waals surface area contributed by atoms with Crippen molar-refractivity contribution in [1.29, 1.82) is 0 Å². The predicted octanol–water partition coefficient (Wildman–Crippen LogP) is 3.48. The molecule has 168 valence electrons. The molecule has 0 aromatic heterocycles. The van der Waals surface area contributed by atoms with Crippen LogP contribution in [0.1, 0.15) is 58.3 Å². The minimum atomic E-state index is -0.615. The molecule has 5 aliphatic rings. The fourth-order valence-electron chi connectivity index (χ4n) is 7.04. The zero-order chi connectivity index (χ0) is 21.6. The van der Waals surface area contributed by atoms with Crippen molar-refractivity contribution in [1.82, 2.24) is 10.2 Å². The topological polar surface area (TPSA) is 78.9 Å². The Morgan fingerprint density at radius 2 is 1.58 bits per heavy atom. The maximum absolute atomic E-state index is 13.5. The minimum Gasteiger partial charge on any atom is -0.508 e. The van der Waals surface area contributed by atoms with E-state index in [1.807, 2.05) is 0 Å². The van der Waals surface area contributed by atoms with Crippen molar-refractivity contribution < 1.29 is 19.4 Å². The third-order valence-corrected chi connectivity index (χ3v) is 8.14. The number of hydrogen-bond acceptors (Lipinski definition) is 4. The fraction of sp³-hybridized carbons (Fsp3) is 0.680. The van der Waals surface area contributed by atoms with Crippen LogP contribution in [0.5, 0.6) is 11.5 Å². The van der Waals surface area contributed by atoms with E-state index in [1.165, 1.54) is 31.4 Å². The molecule has 4 bridgehead atoms. The molecule has 1 unspecified atom stereocenters. The molecule has 2 N–H and O–H groups in total. The zero-order valence-corrected chi connectivity index (χ0v) is 18.4. The van der Waals surface area contributed by atoms with Crippen LogP contribution < -0.4 is 10.1 Å². The number of nitrogens with zero attached hydrogens (tertiary/aromatic N) is 1. The first-order valence-corrected chi connectivity index (χ1v) is 12.0.